The maximum atomic E-state index is 13.3. The first kappa shape index (κ1) is 18.6. The van der Waals surface area contributed by atoms with Crippen molar-refractivity contribution < 1.29 is 9.63 Å². The molecule has 1 fully saturated rings. The molecule has 0 radical (unpaired) electrons. The molecule has 1 saturated heterocycles. The first-order valence-corrected chi connectivity index (χ1v) is 9.67. The second-order valence-corrected chi connectivity index (χ2v) is 7.35. The molecule has 144 valence electrons. The quantitative estimate of drug-likeness (QED) is 0.612. The van der Waals surface area contributed by atoms with Gasteiger partial charge in [0.2, 0.25) is 5.78 Å². The van der Waals surface area contributed by atoms with E-state index >= 15 is 0 Å². The van der Waals surface area contributed by atoms with Crippen LogP contribution in [0, 0.1) is 0 Å². The number of hydroxylamine groups is 2. The van der Waals surface area contributed by atoms with Crippen LogP contribution in [0.3, 0.4) is 0 Å². The maximum absolute atomic E-state index is 13.3. The van der Waals surface area contributed by atoms with Crippen LogP contribution in [0.15, 0.2) is 73.1 Å². The standard InChI is InChI=1S/C23H25N3O2/c1-17-20(19-11-7-4-8-12-19)15-21(22(27)23-24-13-14-25(23)2)26(17)28-16-18-9-5-3-6-10-18/h3-14,17,20-21H,15-16H2,1-2H3/t17-,20-,21-/m0/s1. The van der Waals surface area contributed by atoms with Gasteiger partial charge in [-0.05, 0) is 24.5 Å². The van der Waals surface area contributed by atoms with Gasteiger partial charge in [0, 0.05) is 31.4 Å². The summed E-state index contributed by atoms with van der Waals surface area (Å²) >= 11 is 0. The van der Waals surface area contributed by atoms with Crippen molar-refractivity contribution in [1.82, 2.24) is 14.6 Å². The van der Waals surface area contributed by atoms with Crippen molar-refractivity contribution in [3.63, 3.8) is 0 Å². The molecule has 2 aromatic carbocycles. The second kappa shape index (κ2) is 8.09. The van der Waals surface area contributed by atoms with Gasteiger partial charge >= 0.3 is 0 Å². The molecule has 0 bridgehead atoms. The van der Waals surface area contributed by atoms with Crippen LogP contribution in [0.25, 0.3) is 0 Å². The molecule has 28 heavy (non-hydrogen) atoms. The summed E-state index contributed by atoms with van der Waals surface area (Å²) in [5.74, 6) is 0.705. The van der Waals surface area contributed by atoms with E-state index in [2.05, 4.69) is 24.0 Å². The number of carbonyl (C=O) groups excluding carboxylic acids is 1. The highest BCUT2D eigenvalue weighted by Gasteiger charge is 2.45. The van der Waals surface area contributed by atoms with Gasteiger partial charge < -0.3 is 4.57 Å². The van der Waals surface area contributed by atoms with Gasteiger partial charge in [-0.15, -0.1) is 0 Å². The minimum absolute atomic E-state index is 0.00541. The molecule has 0 aliphatic carbocycles. The van der Waals surface area contributed by atoms with Gasteiger partial charge in [-0.2, -0.15) is 5.06 Å². The Morgan fingerprint density at radius 2 is 1.79 bits per heavy atom. The molecule has 0 unspecified atom stereocenters. The third-order valence-electron chi connectivity index (χ3n) is 5.56. The Morgan fingerprint density at radius 3 is 2.43 bits per heavy atom. The Morgan fingerprint density at radius 1 is 1.11 bits per heavy atom. The molecule has 4 rings (SSSR count). The van der Waals surface area contributed by atoms with Crippen molar-refractivity contribution >= 4 is 5.78 Å². The lowest BCUT2D eigenvalue weighted by molar-refractivity contribution is -0.191. The number of benzene rings is 2. The summed E-state index contributed by atoms with van der Waals surface area (Å²) in [6, 6.07) is 20.1. The van der Waals surface area contributed by atoms with Gasteiger partial charge in [0.15, 0.2) is 5.82 Å². The molecule has 0 amide bonds. The summed E-state index contributed by atoms with van der Waals surface area (Å²) in [6.07, 6.45) is 4.18. The van der Waals surface area contributed by atoms with Crippen LogP contribution in [0.5, 0.6) is 0 Å². The molecular formula is C23H25N3O2. The lowest BCUT2D eigenvalue weighted by Crippen LogP contribution is -2.40. The molecule has 1 aliphatic rings. The lowest BCUT2D eigenvalue weighted by atomic mass is 9.91. The molecule has 0 saturated carbocycles. The smallest absolute Gasteiger partial charge is 0.217 e. The maximum Gasteiger partial charge on any atom is 0.217 e. The number of imidazole rings is 1. The van der Waals surface area contributed by atoms with Crippen molar-refractivity contribution in [2.45, 2.75) is 38.0 Å². The van der Waals surface area contributed by atoms with Crippen LogP contribution < -0.4 is 0 Å². The van der Waals surface area contributed by atoms with E-state index in [9.17, 15) is 4.79 Å². The van der Waals surface area contributed by atoms with Crippen LogP contribution >= 0.6 is 0 Å². The summed E-state index contributed by atoms with van der Waals surface area (Å²) in [5.41, 5.74) is 2.32. The SMILES string of the molecule is C[C@H]1[C@@H](c2ccccc2)C[C@@H](C(=O)c2nccn2C)N1OCc1ccccc1. The van der Waals surface area contributed by atoms with Gasteiger partial charge in [0.05, 0.1) is 6.61 Å². The van der Waals surface area contributed by atoms with Crippen LogP contribution in [-0.2, 0) is 18.5 Å². The van der Waals surface area contributed by atoms with Crippen molar-refractivity contribution in [2.75, 3.05) is 0 Å². The number of carbonyl (C=O) groups is 1. The lowest BCUT2D eigenvalue weighted by Gasteiger charge is -2.27. The summed E-state index contributed by atoms with van der Waals surface area (Å²) in [7, 11) is 1.85. The van der Waals surface area contributed by atoms with E-state index in [1.165, 1.54) is 5.56 Å². The van der Waals surface area contributed by atoms with Gasteiger partial charge in [-0.1, -0.05) is 60.7 Å². The first-order valence-electron chi connectivity index (χ1n) is 9.67. The molecule has 3 aromatic rings. The molecule has 0 spiro atoms. The van der Waals surface area contributed by atoms with Crippen LogP contribution in [0.1, 0.15) is 41.0 Å². The Labute approximate surface area is 165 Å². The number of ketones is 1. The van der Waals surface area contributed by atoms with E-state index in [4.69, 9.17) is 4.84 Å². The molecule has 5 heteroatoms. The minimum Gasteiger partial charge on any atom is -0.332 e. The van der Waals surface area contributed by atoms with E-state index in [0.29, 0.717) is 18.9 Å². The molecule has 1 aliphatic heterocycles. The third kappa shape index (κ3) is 3.63. The normalized spacial score (nSPS) is 22.4. The van der Waals surface area contributed by atoms with Crippen molar-refractivity contribution in [1.29, 1.82) is 0 Å². The fraction of sp³-hybridized carbons (Fsp3) is 0.304. The predicted octanol–water partition coefficient (Wildman–Crippen LogP) is 3.98. The largest absolute Gasteiger partial charge is 0.332 e. The van der Waals surface area contributed by atoms with E-state index < -0.39 is 0 Å². The number of Topliss-reactive ketones (excluding diaryl/α,β-unsaturated/α-hetero) is 1. The van der Waals surface area contributed by atoms with Gasteiger partial charge in [0.25, 0.3) is 0 Å². The minimum atomic E-state index is -0.356. The zero-order valence-corrected chi connectivity index (χ0v) is 16.2. The molecule has 3 atom stereocenters. The average Bonchev–Trinajstić information content (AvgIpc) is 3.30. The zero-order valence-electron chi connectivity index (χ0n) is 16.2. The fourth-order valence-electron chi connectivity index (χ4n) is 4.02. The van der Waals surface area contributed by atoms with E-state index in [1.54, 1.807) is 17.0 Å². The van der Waals surface area contributed by atoms with Gasteiger partial charge in [0.1, 0.15) is 6.04 Å². The van der Waals surface area contributed by atoms with Gasteiger partial charge in [-0.25, -0.2) is 4.98 Å². The van der Waals surface area contributed by atoms with E-state index in [-0.39, 0.29) is 23.8 Å². The highest BCUT2D eigenvalue weighted by Crippen LogP contribution is 2.39. The molecule has 2 heterocycles. The molecule has 1 aromatic heterocycles. The third-order valence-corrected chi connectivity index (χ3v) is 5.56. The summed E-state index contributed by atoms with van der Waals surface area (Å²) in [6.45, 7) is 2.57. The number of aromatic nitrogens is 2. The second-order valence-electron chi connectivity index (χ2n) is 7.35. The summed E-state index contributed by atoms with van der Waals surface area (Å²) in [5, 5.41) is 1.89. The molecule has 0 N–H and O–H groups in total. The fourth-order valence-corrected chi connectivity index (χ4v) is 4.02. The van der Waals surface area contributed by atoms with Crippen LogP contribution in [0.4, 0.5) is 0 Å². The monoisotopic (exact) mass is 375 g/mol. The number of hydrogen-bond donors (Lipinski definition) is 0. The topological polar surface area (TPSA) is 47.4 Å². The Hall–Kier alpha value is -2.76. The number of hydrogen-bond acceptors (Lipinski definition) is 4. The van der Waals surface area contributed by atoms with Crippen molar-refractivity contribution in [3.8, 4) is 0 Å². The molecule has 5 nitrogen and oxygen atoms in total. The number of aryl methyl sites for hydroxylation is 1. The predicted molar refractivity (Wildman–Crippen MR) is 108 cm³/mol. The Bertz CT molecular complexity index is 923. The average molecular weight is 375 g/mol. The van der Waals surface area contributed by atoms with Crippen LogP contribution in [-0.4, -0.2) is 32.5 Å². The Kier molecular flexibility index (Phi) is 5.37. The highest BCUT2D eigenvalue weighted by molar-refractivity contribution is 5.97. The van der Waals surface area contributed by atoms with E-state index in [1.807, 2.05) is 60.6 Å². The summed E-state index contributed by atoms with van der Waals surface area (Å²) < 4.78 is 1.78. The summed E-state index contributed by atoms with van der Waals surface area (Å²) in [4.78, 5) is 23.7. The first-order chi connectivity index (χ1) is 13.6. The van der Waals surface area contributed by atoms with Crippen molar-refractivity contribution in [3.05, 3.63) is 90.0 Å². The van der Waals surface area contributed by atoms with Crippen LogP contribution in [0.2, 0.25) is 0 Å². The van der Waals surface area contributed by atoms with E-state index in [0.717, 1.165) is 5.56 Å². The number of nitrogens with zero attached hydrogens (tertiary/aromatic N) is 3. The zero-order chi connectivity index (χ0) is 19.5. The molecular weight excluding hydrogens is 350 g/mol. The highest BCUT2D eigenvalue weighted by atomic mass is 16.7. The van der Waals surface area contributed by atoms with Gasteiger partial charge in [-0.3, -0.25) is 9.63 Å². The number of rotatable bonds is 6. The van der Waals surface area contributed by atoms with Crippen molar-refractivity contribution in [2.24, 2.45) is 7.05 Å². The Balaban J connectivity index is 1.60.